The highest BCUT2D eigenvalue weighted by molar-refractivity contribution is 7.80. The molecule has 3 aromatic rings. The topological polar surface area (TPSA) is 73.9 Å². The molecule has 7 heteroatoms. The minimum absolute atomic E-state index is 0.113. The lowest BCUT2D eigenvalue weighted by atomic mass is 10.0. The van der Waals surface area contributed by atoms with Crippen molar-refractivity contribution in [2.24, 2.45) is 0 Å². The lowest BCUT2D eigenvalue weighted by Crippen LogP contribution is -2.13. The van der Waals surface area contributed by atoms with Gasteiger partial charge in [0.05, 0.1) is 12.8 Å². The van der Waals surface area contributed by atoms with Crippen molar-refractivity contribution in [2.75, 3.05) is 12.4 Å². The smallest absolute Gasteiger partial charge is 0.308 e. The molecule has 3 aromatic carbocycles. The molecule has 0 saturated heterocycles. The fourth-order valence-electron chi connectivity index (χ4n) is 3.45. The highest BCUT2D eigenvalue weighted by atomic mass is 32.1. The largest absolute Gasteiger partial charge is 0.490 e. The van der Waals surface area contributed by atoms with Gasteiger partial charge in [0.15, 0.2) is 11.5 Å². The van der Waals surface area contributed by atoms with Crippen LogP contribution in [0.5, 0.6) is 17.2 Å². The quantitative estimate of drug-likeness (QED) is 0.257. The lowest BCUT2D eigenvalue weighted by molar-refractivity contribution is -0.132. The van der Waals surface area contributed by atoms with E-state index in [0.717, 1.165) is 21.6 Å². The van der Waals surface area contributed by atoms with Crippen LogP contribution in [-0.4, -0.2) is 19.0 Å². The van der Waals surface area contributed by atoms with Gasteiger partial charge in [0, 0.05) is 24.3 Å². The van der Waals surface area contributed by atoms with Gasteiger partial charge in [-0.1, -0.05) is 48.5 Å². The van der Waals surface area contributed by atoms with Crippen molar-refractivity contribution in [2.45, 2.75) is 38.2 Å². The Morgan fingerprint density at radius 1 is 0.879 bits per heavy atom. The summed E-state index contributed by atoms with van der Waals surface area (Å²) in [6.07, 6.45) is 1.28. The van der Waals surface area contributed by atoms with E-state index in [1.165, 1.54) is 21.0 Å². The zero-order valence-corrected chi connectivity index (χ0v) is 19.8. The molecule has 0 fully saturated rings. The third-order valence-corrected chi connectivity index (χ3v) is 5.35. The summed E-state index contributed by atoms with van der Waals surface area (Å²) in [5, 5.41) is 2.74. The van der Waals surface area contributed by atoms with Crippen LogP contribution in [-0.2, 0) is 29.0 Å². The van der Waals surface area contributed by atoms with Crippen molar-refractivity contribution in [3.05, 3.63) is 77.4 Å². The van der Waals surface area contributed by atoms with Crippen molar-refractivity contribution in [3.63, 3.8) is 0 Å². The second-order valence-electron chi connectivity index (χ2n) is 7.45. The third kappa shape index (κ3) is 6.52. The molecule has 1 amide bonds. The lowest BCUT2D eigenvalue weighted by Gasteiger charge is -2.21. The van der Waals surface area contributed by atoms with Crippen LogP contribution in [0, 0.1) is 0 Å². The first-order chi connectivity index (χ1) is 15.9. The van der Waals surface area contributed by atoms with Gasteiger partial charge in [-0.25, -0.2) is 0 Å². The van der Waals surface area contributed by atoms with Crippen LogP contribution in [0.3, 0.4) is 0 Å². The molecule has 33 heavy (non-hydrogen) atoms. The van der Waals surface area contributed by atoms with Gasteiger partial charge >= 0.3 is 5.97 Å². The van der Waals surface area contributed by atoms with Crippen LogP contribution in [0.1, 0.15) is 30.5 Å². The van der Waals surface area contributed by atoms with Crippen molar-refractivity contribution in [1.82, 2.24) is 0 Å². The Balaban J connectivity index is 2.06. The van der Waals surface area contributed by atoms with Crippen LogP contribution in [0.15, 0.2) is 65.6 Å². The molecule has 6 nitrogen and oxygen atoms in total. The first-order valence-electron chi connectivity index (χ1n) is 10.5. The van der Waals surface area contributed by atoms with E-state index < -0.39 is 5.97 Å². The van der Waals surface area contributed by atoms with Gasteiger partial charge in [-0.05, 0) is 36.1 Å². The summed E-state index contributed by atoms with van der Waals surface area (Å²) >= 11 is 4.55. The number of hydrogen-bond acceptors (Lipinski definition) is 6. The Hall–Kier alpha value is -3.45. The van der Waals surface area contributed by atoms with Crippen LogP contribution in [0.25, 0.3) is 0 Å². The Morgan fingerprint density at radius 3 is 2.18 bits per heavy atom. The second kappa shape index (κ2) is 11.4. The number of aryl methyl sites for hydroxylation is 2. The molecule has 0 unspecified atom stereocenters. The van der Waals surface area contributed by atoms with Gasteiger partial charge in [0.2, 0.25) is 11.7 Å². The van der Waals surface area contributed by atoms with E-state index in [0.29, 0.717) is 30.9 Å². The first-order valence-corrected chi connectivity index (χ1v) is 11.0. The molecule has 0 heterocycles. The molecular weight excluding hydrogens is 438 g/mol. The summed E-state index contributed by atoms with van der Waals surface area (Å²) in [5.74, 6) is -0.00720. The average Bonchev–Trinajstić information content (AvgIpc) is 2.78. The number of anilines is 1. The molecule has 0 bridgehead atoms. The number of rotatable bonds is 9. The Morgan fingerprint density at radius 2 is 1.55 bits per heavy atom. The van der Waals surface area contributed by atoms with Gasteiger partial charge in [-0.2, -0.15) is 0 Å². The number of thiol groups is 1. The van der Waals surface area contributed by atoms with Crippen LogP contribution < -0.4 is 19.5 Å². The zero-order valence-electron chi connectivity index (χ0n) is 18.9. The summed E-state index contributed by atoms with van der Waals surface area (Å²) < 4.78 is 17.3. The predicted molar refractivity (Wildman–Crippen MR) is 130 cm³/mol. The standard InChI is InChI=1S/C26H27NO5S/c1-17(28)27-22-15-21(14-13-20-11-7-8-12-23(20)33)24(26(30-3)25(22)32-18(2)29)31-16-19-9-5-4-6-10-19/h4-12,15,33H,13-14,16H2,1-3H3,(H,27,28). The second-order valence-corrected chi connectivity index (χ2v) is 7.93. The highest BCUT2D eigenvalue weighted by Crippen LogP contribution is 2.46. The zero-order chi connectivity index (χ0) is 23.8. The number of amides is 1. The van der Waals surface area contributed by atoms with Crippen LogP contribution in [0.4, 0.5) is 5.69 Å². The van der Waals surface area contributed by atoms with E-state index in [4.69, 9.17) is 14.2 Å². The Bertz CT molecular complexity index is 1130. The van der Waals surface area contributed by atoms with E-state index in [2.05, 4.69) is 17.9 Å². The van der Waals surface area contributed by atoms with E-state index >= 15 is 0 Å². The van der Waals surface area contributed by atoms with Crippen LogP contribution in [0.2, 0.25) is 0 Å². The maximum atomic E-state index is 11.8. The molecule has 1 N–H and O–H groups in total. The molecule has 0 spiro atoms. The van der Waals surface area contributed by atoms with Gasteiger partial charge < -0.3 is 19.5 Å². The van der Waals surface area contributed by atoms with Crippen molar-refractivity contribution < 1.29 is 23.8 Å². The van der Waals surface area contributed by atoms with E-state index in [1.54, 1.807) is 6.07 Å². The molecule has 0 aromatic heterocycles. The van der Waals surface area contributed by atoms with Crippen LogP contribution >= 0.6 is 12.6 Å². The summed E-state index contributed by atoms with van der Waals surface area (Å²) in [6.45, 7) is 2.98. The maximum absolute atomic E-state index is 11.8. The number of ether oxygens (including phenoxy) is 3. The van der Waals surface area contributed by atoms with E-state index in [-0.39, 0.29) is 17.4 Å². The minimum Gasteiger partial charge on any atom is -0.490 e. The summed E-state index contributed by atoms with van der Waals surface area (Å²) in [6, 6.07) is 19.4. The van der Waals surface area contributed by atoms with Crippen molar-refractivity contribution in [3.8, 4) is 17.2 Å². The van der Waals surface area contributed by atoms with Gasteiger partial charge in [-0.15, -0.1) is 12.6 Å². The summed E-state index contributed by atoms with van der Waals surface area (Å²) in [7, 11) is 1.47. The van der Waals surface area contributed by atoms with Crippen molar-refractivity contribution in [1.29, 1.82) is 0 Å². The average molecular weight is 466 g/mol. The SMILES string of the molecule is COc1c(OCc2ccccc2)c(CCc2ccccc2S)cc(NC(C)=O)c1OC(C)=O. The molecule has 0 atom stereocenters. The minimum atomic E-state index is -0.536. The normalized spacial score (nSPS) is 10.4. The number of carbonyl (C=O) groups is 2. The number of methoxy groups -OCH3 is 1. The molecular formula is C26H27NO5S. The molecule has 3 rings (SSSR count). The predicted octanol–water partition coefficient (Wildman–Crippen LogP) is 5.23. The number of nitrogens with one attached hydrogen (secondary N) is 1. The Labute approximate surface area is 199 Å². The van der Waals surface area contributed by atoms with Gasteiger partial charge in [0.1, 0.15) is 6.61 Å². The maximum Gasteiger partial charge on any atom is 0.308 e. The fourth-order valence-corrected chi connectivity index (χ4v) is 3.73. The number of esters is 1. The number of hydrogen-bond donors (Lipinski definition) is 2. The molecule has 0 aliphatic rings. The summed E-state index contributed by atoms with van der Waals surface area (Å²) in [4.78, 5) is 24.5. The molecule has 0 aliphatic carbocycles. The molecule has 0 saturated carbocycles. The molecule has 0 aliphatic heterocycles. The highest BCUT2D eigenvalue weighted by Gasteiger charge is 2.24. The Kier molecular flexibility index (Phi) is 8.38. The summed E-state index contributed by atoms with van der Waals surface area (Å²) in [5.41, 5.74) is 3.21. The van der Waals surface area contributed by atoms with Gasteiger partial charge in [0.25, 0.3) is 0 Å². The van der Waals surface area contributed by atoms with E-state index in [1.807, 2.05) is 54.6 Å². The molecule has 172 valence electrons. The number of carbonyl (C=O) groups excluding carboxylic acids is 2. The van der Waals surface area contributed by atoms with Crippen molar-refractivity contribution >= 4 is 30.2 Å². The van der Waals surface area contributed by atoms with Gasteiger partial charge in [-0.3, -0.25) is 9.59 Å². The monoisotopic (exact) mass is 465 g/mol. The fraction of sp³-hybridized carbons (Fsp3) is 0.231. The first kappa shape index (κ1) is 24.2. The number of benzene rings is 3. The third-order valence-electron chi connectivity index (χ3n) is 4.91. The van der Waals surface area contributed by atoms with E-state index in [9.17, 15) is 9.59 Å². The molecule has 0 radical (unpaired) electrons.